The molecule has 0 bridgehead atoms. The molecule has 2 rings (SSSR count). The Morgan fingerprint density at radius 1 is 1.50 bits per heavy atom. The third kappa shape index (κ3) is 3.87. The molecule has 4 heteroatoms. The fourth-order valence-corrected chi connectivity index (χ4v) is 3.03. The highest BCUT2D eigenvalue weighted by atomic mass is 35.5. The van der Waals surface area contributed by atoms with Crippen LogP contribution in [-0.2, 0) is 4.74 Å². The molecule has 1 aromatic carbocycles. The van der Waals surface area contributed by atoms with E-state index in [1.165, 1.54) is 12.0 Å². The minimum absolute atomic E-state index is 0.304. The van der Waals surface area contributed by atoms with E-state index in [2.05, 4.69) is 18.3 Å². The molecule has 1 aliphatic rings. The summed E-state index contributed by atoms with van der Waals surface area (Å²) < 4.78 is 10.9. The van der Waals surface area contributed by atoms with Crippen LogP contribution in [0, 0.1) is 5.92 Å². The summed E-state index contributed by atoms with van der Waals surface area (Å²) in [5.41, 5.74) is 1.22. The zero-order valence-electron chi connectivity index (χ0n) is 12.3. The van der Waals surface area contributed by atoms with Crippen LogP contribution in [-0.4, -0.2) is 26.9 Å². The molecule has 1 aliphatic heterocycles. The Bertz CT molecular complexity index is 419. The Hall–Kier alpha value is -0.770. The number of hydrogen-bond donors (Lipinski definition) is 1. The van der Waals surface area contributed by atoms with Crippen molar-refractivity contribution in [1.29, 1.82) is 0 Å². The first-order chi connectivity index (χ1) is 9.76. The normalized spacial score (nSPS) is 20.6. The highest BCUT2D eigenvalue weighted by molar-refractivity contribution is 6.32. The van der Waals surface area contributed by atoms with E-state index < -0.39 is 0 Å². The maximum absolute atomic E-state index is 6.26. The zero-order valence-corrected chi connectivity index (χ0v) is 13.1. The number of nitrogens with one attached hydrogen (secondary N) is 1. The van der Waals surface area contributed by atoms with E-state index >= 15 is 0 Å². The number of rotatable bonds is 6. The Morgan fingerprint density at radius 3 is 2.95 bits per heavy atom. The molecular formula is C16H24ClNO2. The van der Waals surface area contributed by atoms with Crippen LogP contribution in [0.5, 0.6) is 5.75 Å². The Balaban J connectivity index is 2.18. The van der Waals surface area contributed by atoms with Gasteiger partial charge >= 0.3 is 0 Å². The van der Waals surface area contributed by atoms with Crippen molar-refractivity contribution in [2.75, 3.05) is 26.9 Å². The summed E-state index contributed by atoms with van der Waals surface area (Å²) >= 11 is 6.26. The number of methoxy groups -OCH3 is 1. The summed E-state index contributed by atoms with van der Waals surface area (Å²) in [6.07, 6.45) is 3.46. The summed E-state index contributed by atoms with van der Waals surface area (Å²) in [5, 5.41) is 4.31. The molecule has 1 fully saturated rings. The minimum Gasteiger partial charge on any atom is -0.495 e. The smallest absolute Gasteiger partial charge is 0.137 e. The lowest BCUT2D eigenvalue weighted by Crippen LogP contribution is -2.33. The molecule has 0 aromatic heterocycles. The molecule has 2 unspecified atom stereocenters. The number of hydrogen-bond acceptors (Lipinski definition) is 3. The van der Waals surface area contributed by atoms with E-state index in [9.17, 15) is 0 Å². The predicted octanol–water partition coefficient (Wildman–Crippen LogP) is 3.82. The average molecular weight is 298 g/mol. The summed E-state index contributed by atoms with van der Waals surface area (Å²) in [4.78, 5) is 0. The third-order valence-electron chi connectivity index (χ3n) is 3.82. The van der Waals surface area contributed by atoms with Crippen LogP contribution >= 0.6 is 11.6 Å². The summed E-state index contributed by atoms with van der Waals surface area (Å²) in [6, 6.07) is 6.37. The highest BCUT2D eigenvalue weighted by Crippen LogP contribution is 2.33. The molecule has 1 N–H and O–H groups in total. The first-order valence-electron chi connectivity index (χ1n) is 7.40. The zero-order chi connectivity index (χ0) is 14.4. The fraction of sp³-hybridized carbons (Fsp3) is 0.625. The molecule has 0 spiro atoms. The second kappa shape index (κ2) is 7.87. The second-order valence-corrected chi connectivity index (χ2v) is 5.71. The molecule has 0 amide bonds. The Morgan fingerprint density at radius 2 is 2.35 bits per heavy atom. The molecule has 2 atom stereocenters. The maximum Gasteiger partial charge on any atom is 0.137 e. The van der Waals surface area contributed by atoms with E-state index in [0.29, 0.717) is 17.0 Å². The van der Waals surface area contributed by atoms with E-state index in [4.69, 9.17) is 21.1 Å². The fourth-order valence-electron chi connectivity index (χ4n) is 2.76. The van der Waals surface area contributed by atoms with Crippen LogP contribution in [0.25, 0.3) is 0 Å². The molecule has 0 aliphatic carbocycles. The van der Waals surface area contributed by atoms with Crippen molar-refractivity contribution in [3.8, 4) is 5.75 Å². The maximum atomic E-state index is 6.26. The molecule has 112 valence electrons. The van der Waals surface area contributed by atoms with Crippen LogP contribution in [0.2, 0.25) is 5.02 Å². The lowest BCUT2D eigenvalue weighted by molar-refractivity contribution is 0.0390. The van der Waals surface area contributed by atoms with Crippen LogP contribution in [0.3, 0.4) is 0 Å². The van der Waals surface area contributed by atoms with E-state index in [-0.39, 0.29) is 0 Å². The van der Waals surface area contributed by atoms with Crippen molar-refractivity contribution in [2.24, 2.45) is 5.92 Å². The Kier molecular flexibility index (Phi) is 6.14. The molecule has 1 saturated heterocycles. The molecule has 0 saturated carbocycles. The minimum atomic E-state index is 0.304. The molecule has 1 heterocycles. The van der Waals surface area contributed by atoms with Crippen LogP contribution in [0.1, 0.15) is 37.8 Å². The highest BCUT2D eigenvalue weighted by Gasteiger charge is 2.25. The van der Waals surface area contributed by atoms with Crippen molar-refractivity contribution in [1.82, 2.24) is 5.32 Å². The van der Waals surface area contributed by atoms with Gasteiger partial charge in [-0.2, -0.15) is 0 Å². The topological polar surface area (TPSA) is 30.5 Å². The largest absolute Gasteiger partial charge is 0.495 e. The second-order valence-electron chi connectivity index (χ2n) is 5.30. The van der Waals surface area contributed by atoms with Crippen LogP contribution in [0.15, 0.2) is 18.2 Å². The van der Waals surface area contributed by atoms with Crippen LogP contribution < -0.4 is 10.1 Å². The van der Waals surface area contributed by atoms with Gasteiger partial charge in [0, 0.05) is 18.6 Å². The van der Waals surface area contributed by atoms with Gasteiger partial charge in [-0.05, 0) is 43.5 Å². The van der Waals surface area contributed by atoms with Gasteiger partial charge in [-0.15, -0.1) is 0 Å². The summed E-state index contributed by atoms with van der Waals surface area (Å²) in [7, 11) is 1.64. The summed E-state index contributed by atoms with van der Waals surface area (Å²) in [5.74, 6) is 1.24. The number of benzene rings is 1. The monoisotopic (exact) mass is 297 g/mol. The van der Waals surface area contributed by atoms with Gasteiger partial charge in [-0.25, -0.2) is 0 Å². The molecule has 1 aromatic rings. The molecule has 0 radical (unpaired) electrons. The lowest BCUT2D eigenvalue weighted by Gasteiger charge is -2.31. The predicted molar refractivity (Wildman–Crippen MR) is 82.6 cm³/mol. The van der Waals surface area contributed by atoms with Gasteiger partial charge in [-0.3, -0.25) is 0 Å². The van der Waals surface area contributed by atoms with Crippen molar-refractivity contribution in [2.45, 2.75) is 32.2 Å². The quantitative estimate of drug-likeness (QED) is 0.866. The number of halogens is 1. The SMILES string of the molecule is CCCNC(c1ccc(OC)c(Cl)c1)C1CCCOC1. The first kappa shape index (κ1) is 15.6. The average Bonchev–Trinajstić information content (AvgIpc) is 2.49. The molecular weight excluding hydrogens is 274 g/mol. The lowest BCUT2D eigenvalue weighted by atomic mass is 9.88. The third-order valence-corrected chi connectivity index (χ3v) is 4.11. The van der Waals surface area contributed by atoms with Crippen molar-refractivity contribution in [3.63, 3.8) is 0 Å². The van der Waals surface area contributed by atoms with Gasteiger partial charge in [0.1, 0.15) is 5.75 Å². The molecule has 20 heavy (non-hydrogen) atoms. The van der Waals surface area contributed by atoms with Gasteiger partial charge in [-0.1, -0.05) is 24.6 Å². The van der Waals surface area contributed by atoms with E-state index in [1.54, 1.807) is 7.11 Å². The van der Waals surface area contributed by atoms with Gasteiger partial charge in [0.05, 0.1) is 18.7 Å². The Labute approximate surface area is 126 Å². The van der Waals surface area contributed by atoms with Gasteiger partial charge < -0.3 is 14.8 Å². The standard InChI is InChI=1S/C16H24ClNO2/c1-3-8-18-16(13-5-4-9-20-11-13)12-6-7-15(19-2)14(17)10-12/h6-7,10,13,16,18H,3-5,8-9,11H2,1-2H3. The van der Waals surface area contributed by atoms with Gasteiger partial charge in [0.2, 0.25) is 0 Å². The molecule has 3 nitrogen and oxygen atoms in total. The first-order valence-corrected chi connectivity index (χ1v) is 7.78. The van der Waals surface area contributed by atoms with Gasteiger partial charge in [0.25, 0.3) is 0 Å². The number of ether oxygens (including phenoxy) is 2. The summed E-state index contributed by atoms with van der Waals surface area (Å²) in [6.45, 7) is 4.90. The van der Waals surface area contributed by atoms with E-state index in [0.717, 1.165) is 38.3 Å². The van der Waals surface area contributed by atoms with Gasteiger partial charge in [0.15, 0.2) is 0 Å². The van der Waals surface area contributed by atoms with Crippen molar-refractivity contribution >= 4 is 11.6 Å². The van der Waals surface area contributed by atoms with E-state index in [1.807, 2.05) is 12.1 Å². The van der Waals surface area contributed by atoms with Crippen molar-refractivity contribution in [3.05, 3.63) is 28.8 Å². The van der Waals surface area contributed by atoms with Crippen LogP contribution in [0.4, 0.5) is 0 Å². The van der Waals surface area contributed by atoms with Crippen molar-refractivity contribution < 1.29 is 9.47 Å².